The van der Waals surface area contributed by atoms with Gasteiger partial charge in [0.25, 0.3) is 0 Å². The number of ether oxygens (including phenoxy) is 1. The molecule has 0 aliphatic heterocycles. The Bertz CT molecular complexity index is 515. The summed E-state index contributed by atoms with van der Waals surface area (Å²) in [7, 11) is 0. The molecule has 1 N–H and O–H groups in total. The number of esters is 1. The van der Waals surface area contributed by atoms with Crippen LogP contribution in [0.5, 0.6) is 0 Å². The van der Waals surface area contributed by atoms with Crippen LogP contribution in [0, 0.1) is 17.8 Å². The second-order valence-corrected chi connectivity index (χ2v) is 5.82. The minimum absolute atomic E-state index is 0.0149. The molecule has 2 atom stereocenters. The third-order valence-corrected chi connectivity index (χ3v) is 4.55. The van der Waals surface area contributed by atoms with E-state index in [-0.39, 0.29) is 30.5 Å². The molecule has 1 heterocycles. The molecule has 1 aromatic heterocycles. The molecule has 3 rings (SSSR count). The molecule has 4 nitrogen and oxygen atoms in total. The van der Waals surface area contributed by atoms with Crippen molar-refractivity contribution >= 4 is 5.97 Å². The van der Waals surface area contributed by atoms with Gasteiger partial charge in [-0.25, -0.2) is 0 Å². The average molecular weight is 302 g/mol. The fraction of sp³-hybridized carbons (Fsp3) is 0.714. The van der Waals surface area contributed by atoms with Crippen molar-refractivity contribution in [2.45, 2.75) is 38.3 Å². The first-order chi connectivity index (χ1) is 9.98. The number of aromatic nitrogens is 2. The number of alkyl halides is 3. The minimum Gasteiger partial charge on any atom is -0.465 e. The number of fused-ring (bicyclic) bond motifs is 1. The van der Waals surface area contributed by atoms with Crippen molar-refractivity contribution in [1.29, 1.82) is 0 Å². The zero-order valence-electron chi connectivity index (χ0n) is 11.4. The maximum absolute atomic E-state index is 12.6. The van der Waals surface area contributed by atoms with Crippen LogP contribution in [0.3, 0.4) is 0 Å². The van der Waals surface area contributed by atoms with Crippen molar-refractivity contribution < 1.29 is 22.7 Å². The number of carbonyl (C=O) groups excluding carboxylic acids is 1. The van der Waals surface area contributed by atoms with Gasteiger partial charge in [-0.05, 0) is 24.7 Å². The molecule has 1 aromatic rings. The van der Waals surface area contributed by atoms with Crippen LogP contribution in [0.4, 0.5) is 13.2 Å². The van der Waals surface area contributed by atoms with Gasteiger partial charge < -0.3 is 4.74 Å². The van der Waals surface area contributed by atoms with Crippen LogP contribution in [-0.4, -0.2) is 22.8 Å². The summed E-state index contributed by atoms with van der Waals surface area (Å²) in [6, 6.07) is 0. The van der Waals surface area contributed by atoms with Gasteiger partial charge in [-0.1, -0.05) is 12.8 Å². The minimum atomic E-state index is -4.46. The van der Waals surface area contributed by atoms with E-state index in [9.17, 15) is 18.0 Å². The van der Waals surface area contributed by atoms with Crippen LogP contribution in [-0.2, 0) is 22.1 Å². The van der Waals surface area contributed by atoms with E-state index in [1.165, 1.54) is 0 Å². The predicted molar refractivity (Wildman–Crippen MR) is 67.2 cm³/mol. The summed E-state index contributed by atoms with van der Waals surface area (Å²) in [6.07, 6.45) is 1.17. The highest BCUT2D eigenvalue weighted by molar-refractivity contribution is 5.76. The molecular formula is C14H17F3N2O2. The van der Waals surface area contributed by atoms with Gasteiger partial charge in [0.1, 0.15) is 5.69 Å². The first kappa shape index (κ1) is 14.4. The summed E-state index contributed by atoms with van der Waals surface area (Å²) >= 11 is 0. The van der Waals surface area contributed by atoms with Crippen molar-refractivity contribution in [3.05, 3.63) is 17.5 Å². The highest BCUT2D eigenvalue weighted by Crippen LogP contribution is 2.55. The highest BCUT2D eigenvalue weighted by atomic mass is 19.4. The number of halogens is 3. The van der Waals surface area contributed by atoms with E-state index in [1.54, 1.807) is 0 Å². The molecule has 0 saturated heterocycles. The SMILES string of the molecule is O=C(OCCc1cn[nH]c1C(F)(F)F)C1C2CCCCC21. The Hall–Kier alpha value is -1.53. The number of aromatic amines is 1. The Morgan fingerprint density at radius 1 is 1.33 bits per heavy atom. The van der Waals surface area contributed by atoms with Gasteiger partial charge in [0.05, 0.1) is 18.7 Å². The predicted octanol–water partition coefficient (Wildman–Crippen LogP) is 2.95. The largest absolute Gasteiger partial charge is 0.465 e. The zero-order valence-corrected chi connectivity index (χ0v) is 11.4. The van der Waals surface area contributed by atoms with Gasteiger partial charge >= 0.3 is 12.1 Å². The van der Waals surface area contributed by atoms with Gasteiger partial charge in [0.15, 0.2) is 0 Å². The fourth-order valence-corrected chi connectivity index (χ4v) is 3.45. The standard InChI is InChI=1S/C14H17F3N2O2/c15-14(16,17)12-8(7-18-19-12)5-6-21-13(20)11-9-3-1-2-4-10(9)11/h7,9-11H,1-6H2,(H,18,19). The number of carbonyl (C=O) groups is 1. The van der Waals surface area contributed by atoms with Crippen LogP contribution in [0.2, 0.25) is 0 Å². The Balaban J connectivity index is 1.49. The summed E-state index contributed by atoms with van der Waals surface area (Å²) in [5, 5.41) is 5.35. The summed E-state index contributed by atoms with van der Waals surface area (Å²) < 4.78 is 43.0. The maximum Gasteiger partial charge on any atom is 0.433 e. The van der Waals surface area contributed by atoms with Gasteiger partial charge in [-0.15, -0.1) is 0 Å². The number of H-pyrrole nitrogens is 1. The first-order valence-electron chi connectivity index (χ1n) is 7.24. The van der Waals surface area contributed by atoms with E-state index in [0.717, 1.165) is 31.9 Å². The maximum atomic E-state index is 12.6. The van der Waals surface area contributed by atoms with Gasteiger partial charge in [-0.2, -0.15) is 18.3 Å². The van der Waals surface area contributed by atoms with Crippen LogP contribution >= 0.6 is 0 Å². The van der Waals surface area contributed by atoms with Gasteiger partial charge in [0.2, 0.25) is 0 Å². The summed E-state index contributed by atoms with van der Waals surface area (Å²) in [5.74, 6) is 0.639. The molecule has 21 heavy (non-hydrogen) atoms. The summed E-state index contributed by atoms with van der Waals surface area (Å²) in [5.41, 5.74) is -0.831. The van der Waals surface area contributed by atoms with Crippen molar-refractivity contribution in [1.82, 2.24) is 10.2 Å². The molecule has 0 spiro atoms. The Kier molecular flexibility index (Phi) is 3.67. The van der Waals surface area contributed by atoms with Crippen LogP contribution in [0.15, 0.2) is 6.20 Å². The fourth-order valence-electron chi connectivity index (χ4n) is 3.45. The third-order valence-electron chi connectivity index (χ3n) is 4.55. The molecule has 0 amide bonds. The molecule has 2 aliphatic rings. The smallest absolute Gasteiger partial charge is 0.433 e. The number of hydrogen-bond acceptors (Lipinski definition) is 3. The monoisotopic (exact) mass is 302 g/mol. The van der Waals surface area contributed by atoms with E-state index in [1.807, 2.05) is 5.10 Å². The van der Waals surface area contributed by atoms with Crippen LogP contribution in [0.1, 0.15) is 36.9 Å². The second-order valence-electron chi connectivity index (χ2n) is 5.82. The second kappa shape index (κ2) is 5.35. The number of rotatable bonds is 4. The lowest BCUT2D eigenvalue weighted by Crippen LogP contribution is -2.14. The van der Waals surface area contributed by atoms with E-state index in [2.05, 4.69) is 5.10 Å². The summed E-state index contributed by atoms with van der Waals surface area (Å²) in [4.78, 5) is 11.9. The number of nitrogens with zero attached hydrogens (tertiary/aromatic N) is 1. The Morgan fingerprint density at radius 2 is 2.00 bits per heavy atom. The van der Waals surface area contributed by atoms with E-state index < -0.39 is 11.9 Å². The molecule has 0 radical (unpaired) electrons. The van der Waals surface area contributed by atoms with Crippen LogP contribution < -0.4 is 0 Å². The zero-order chi connectivity index (χ0) is 15.0. The number of nitrogens with one attached hydrogen (secondary N) is 1. The third kappa shape index (κ3) is 2.91. The molecular weight excluding hydrogens is 285 g/mol. The summed E-state index contributed by atoms with van der Waals surface area (Å²) in [6.45, 7) is -0.0304. The topological polar surface area (TPSA) is 55.0 Å². The molecule has 2 fully saturated rings. The van der Waals surface area contributed by atoms with E-state index in [4.69, 9.17) is 4.74 Å². The van der Waals surface area contributed by atoms with Gasteiger partial charge in [0, 0.05) is 12.0 Å². The highest BCUT2D eigenvalue weighted by Gasteiger charge is 2.55. The lowest BCUT2D eigenvalue weighted by Gasteiger charge is -2.07. The van der Waals surface area contributed by atoms with Crippen molar-refractivity contribution in [3.8, 4) is 0 Å². The molecule has 116 valence electrons. The quantitative estimate of drug-likeness (QED) is 0.870. The van der Waals surface area contributed by atoms with Crippen LogP contribution in [0.25, 0.3) is 0 Å². The molecule has 2 aliphatic carbocycles. The molecule has 2 unspecified atom stereocenters. The van der Waals surface area contributed by atoms with E-state index >= 15 is 0 Å². The van der Waals surface area contributed by atoms with Crippen molar-refractivity contribution in [2.75, 3.05) is 6.61 Å². The molecule has 0 aromatic carbocycles. The lowest BCUT2D eigenvalue weighted by atomic mass is 10.0. The first-order valence-corrected chi connectivity index (χ1v) is 7.24. The lowest BCUT2D eigenvalue weighted by molar-refractivity contribution is -0.146. The average Bonchev–Trinajstić information content (AvgIpc) is 2.96. The van der Waals surface area contributed by atoms with Crippen molar-refractivity contribution in [2.24, 2.45) is 17.8 Å². The van der Waals surface area contributed by atoms with Gasteiger partial charge in [-0.3, -0.25) is 9.89 Å². The molecule has 0 bridgehead atoms. The Morgan fingerprint density at radius 3 is 2.62 bits per heavy atom. The van der Waals surface area contributed by atoms with E-state index in [0.29, 0.717) is 11.8 Å². The number of hydrogen-bond donors (Lipinski definition) is 1. The normalized spacial score (nSPS) is 28.0. The van der Waals surface area contributed by atoms with Crippen molar-refractivity contribution in [3.63, 3.8) is 0 Å². The molecule has 7 heteroatoms. The molecule has 2 saturated carbocycles. The Labute approximate surface area is 120 Å².